The van der Waals surface area contributed by atoms with Crippen LogP contribution in [-0.4, -0.2) is 15.5 Å². The predicted molar refractivity (Wildman–Crippen MR) is 111 cm³/mol. The van der Waals surface area contributed by atoms with Gasteiger partial charge in [0.25, 0.3) is 0 Å². The van der Waals surface area contributed by atoms with Crippen molar-refractivity contribution in [2.24, 2.45) is 0 Å². The Balaban J connectivity index is 2.47. The van der Waals surface area contributed by atoms with Crippen LogP contribution in [0.25, 0.3) is 0 Å². The highest BCUT2D eigenvalue weighted by Crippen LogP contribution is 2.32. The van der Waals surface area contributed by atoms with Crippen LogP contribution in [0.1, 0.15) is 67.0 Å². The third-order valence-electron chi connectivity index (χ3n) is 4.95. The largest absolute Gasteiger partial charge is 0.496 e. The minimum atomic E-state index is -3.66. The first-order valence-electron chi connectivity index (χ1n) is 9.38. The second-order valence-electron chi connectivity index (χ2n) is 7.46. The van der Waals surface area contributed by atoms with Gasteiger partial charge in [0, 0.05) is 6.04 Å². The van der Waals surface area contributed by atoms with Crippen LogP contribution < -0.4 is 9.46 Å². The van der Waals surface area contributed by atoms with Crippen LogP contribution >= 0.6 is 0 Å². The molecule has 0 amide bonds. The Labute approximate surface area is 164 Å². The van der Waals surface area contributed by atoms with Gasteiger partial charge >= 0.3 is 0 Å². The lowest BCUT2D eigenvalue weighted by atomic mass is 9.98. The maximum atomic E-state index is 13.2. The maximum Gasteiger partial charge on any atom is 0.241 e. The summed E-state index contributed by atoms with van der Waals surface area (Å²) in [5.41, 5.74) is 4.85. The maximum absolute atomic E-state index is 13.2. The smallest absolute Gasteiger partial charge is 0.241 e. The summed E-state index contributed by atoms with van der Waals surface area (Å²) in [6.07, 6.45) is 0.676. The van der Waals surface area contributed by atoms with E-state index in [4.69, 9.17) is 4.74 Å². The van der Waals surface area contributed by atoms with E-state index in [9.17, 15) is 8.42 Å². The fourth-order valence-electron chi connectivity index (χ4n) is 3.43. The van der Waals surface area contributed by atoms with Gasteiger partial charge in [-0.2, -0.15) is 0 Å². The molecule has 0 bridgehead atoms. The summed E-state index contributed by atoms with van der Waals surface area (Å²) in [4.78, 5) is 0.315. The van der Waals surface area contributed by atoms with Crippen LogP contribution in [0.2, 0.25) is 0 Å². The number of hydrogen-bond acceptors (Lipinski definition) is 3. The molecule has 0 aliphatic carbocycles. The molecular formula is C22H31NO3S. The highest BCUT2D eigenvalue weighted by Gasteiger charge is 2.25. The average molecular weight is 390 g/mol. The predicted octanol–water partition coefficient (Wildman–Crippen LogP) is 5.17. The summed E-state index contributed by atoms with van der Waals surface area (Å²) < 4.78 is 34.7. The molecule has 1 atom stereocenters. The SMILES string of the molecule is CC[C@H](NS(=O)(=O)c1cc(C(C)C)c(OC)cc1C)c1ccc(C)cc1C. The molecule has 0 fully saturated rings. The molecule has 1 N–H and O–H groups in total. The van der Waals surface area contributed by atoms with Crippen LogP contribution in [-0.2, 0) is 10.0 Å². The molecule has 4 nitrogen and oxygen atoms in total. The van der Waals surface area contributed by atoms with Gasteiger partial charge in [0.1, 0.15) is 5.75 Å². The number of benzene rings is 2. The van der Waals surface area contributed by atoms with Crippen LogP contribution in [0, 0.1) is 20.8 Å². The zero-order valence-electron chi connectivity index (χ0n) is 17.4. The van der Waals surface area contributed by atoms with E-state index < -0.39 is 10.0 Å². The molecule has 0 aliphatic rings. The molecule has 0 saturated carbocycles. The molecule has 0 spiro atoms. The summed E-state index contributed by atoms with van der Waals surface area (Å²) in [5.74, 6) is 0.888. The highest BCUT2D eigenvalue weighted by atomic mass is 32.2. The van der Waals surface area contributed by atoms with Gasteiger partial charge in [-0.05, 0) is 67.5 Å². The van der Waals surface area contributed by atoms with Gasteiger partial charge in [-0.1, -0.05) is 44.5 Å². The van der Waals surface area contributed by atoms with Crippen LogP contribution in [0.3, 0.4) is 0 Å². The van der Waals surface area contributed by atoms with Crippen molar-refractivity contribution in [2.45, 2.75) is 64.8 Å². The summed E-state index contributed by atoms with van der Waals surface area (Å²) in [5, 5.41) is 0. The Hall–Kier alpha value is -1.85. The fourth-order valence-corrected chi connectivity index (χ4v) is 4.99. The van der Waals surface area contributed by atoms with Crippen LogP contribution in [0.15, 0.2) is 35.2 Å². The van der Waals surface area contributed by atoms with E-state index in [1.54, 1.807) is 20.1 Å². The van der Waals surface area contributed by atoms with Crippen molar-refractivity contribution < 1.29 is 13.2 Å². The second-order valence-corrected chi connectivity index (χ2v) is 9.14. The number of rotatable bonds is 7. The third-order valence-corrected chi connectivity index (χ3v) is 6.56. The minimum Gasteiger partial charge on any atom is -0.496 e. The van der Waals surface area contributed by atoms with Crippen molar-refractivity contribution in [1.82, 2.24) is 4.72 Å². The molecule has 2 aromatic carbocycles. The number of sulfonamides is 1. The van der Waals surface area contributed by atoms with Gasteiger partial charge in [0.2, 0.25) is 10.0 Å². The number of methoxy groups -OCH3 is 1. The summed E-state index contributed by atoms with van der Waals surface area (Å²) >= 11 is 0. The molecule has 2 rings (SSSR count). The van der Waals surface area contributed by atoms with Gasteiger partial charge in [-0.15, -0.1) is 0 Å². The van der Waals surface area contributed by atoms with E-state index in [2.05, 4.69) is 10.8 Å². The Morgan fingerprint density at radius 2 is 1.67 bits per heavy atom. The minimum absolute atomic E-state index is 0.163. The Morgan fingerprint density at radius 3 is 2.19 bits per heavy atom. The zero-order valence-corrected chi connectivity index (χ0v) is 18.2. The van der Waals surface area contributed by atoms with Gasteiger partial charge in [0.15, 0.2) is 0 Å². The summed E-state index contributed by atoms with van der Waals surface area (Å²) in [6.45, 7) is 11.9. The van der Waals surface area contributed by atoms with E-state index in [1.165, 1.54) is 5.56 Å². The number of nitrogens with one attached hydrogen (secondary N) is 1. The summed E-state index contributed by atoms with van der Waals surface area (Å²) in [7, 11) is -2.05. The van der Waals surface area contributed by atoms with Gasteiger partial charge in [-0.3, -0.25) is 0 Å². The third kappa shape index (κ3) is 4.71. The van der Waals surface area contributed by atoms with Crippen molar-refractivity contribution in [3.05, 3.63) is 58.1 Å². The van der Waals surface area contributed by atoms with E-state index in [0.29, 0.717) is 16.9 Å². The van der Waals surface area contributed by atoms with Gasteiger partial charge in [0.05, 0.1) is 12.0 Å². The first-order chi connectivity index (χ1) is 12.6. The first-order valence-corrected chi connectivity index (χ1v) is 10.9. The Bertz CT molecular complexity index is 917. The molecule has 0 saturated heterocycles. The molecule has 148 valence electrons. The van der Waals surface area contributed by atoms with Crippen LogP contribution in [0.5, 0.6) is 5.75 Å². The average Bonchev–Trinajstić information content (AvgIpc) is 2.59. The second kappa shape index (κ2) is 8.44. The lowest BCUT2D eigenvalue weighted by Gasteiger charge is -2.22. The topological polar surface area (TPSA) is 55.4 Å². The van der Waals surface area contributed by atoms with Crippen molar-refractivity contribution in [3.8, 4) is 5.75 Å². The van der Waals surface area contributed by atoms with Gasteiger partial charge < -0.3 is 4.74 Å². The van der Waals surface area contributed by atoms with E-state index >= 15 is 0 Å². The van der Waals surface area contributed by atoms with Crippen molar-refractivity contribution in [1.29, 1.82) is 0 Å². The van der Waals surface area contributed by atoms with E-state index in [1.807, 2.05) is 52.8 Å². The molecule has 2 aromatic rings. The number of ether oxygens (including phenoxy) is 1. The van der Waals surface area contributed by atoms with Crippen LogP contribution in [0.4, 0.5) is 0 Å². The fraction of sp³-hybridized carbons (Fsp3) is 0.455. The summed E-state index contributed by atoms with van der Waals surface area (Å²) in [6, 6.07) is 9.41. The molecule has 0 aromatic heterocycles. The lowest BCUT2D eigenvalue weighted by molar-refractivity contribution is 0.406. The Morgan fingerprint density at radius 1 is 1.00 bits per heavy atom. The normalized spacial score (nSPS) is 13.0. The molecule has 27 heavy (non-hydrogen) atoms. The molecular weight excluding hydrogens is 358 g/mol. The first kappa shape index (κ1) is 21.5. The molecule has 5 heteroatoms. The zero-order chi connectivity index (χ0) is 20.4. The molecule has 0 heterocycles. The lowest BCUT2D eigenvalue weighted by Crippen LogP contribution is -2.29. The van der Waals surface area contributed by atoms with Gasteiger partial charge in [-0.25, -0.2) is 13.1 Å². The number of aryl methyl sites for hydroxylation is 3. The Kier molecular flexibility index (Phi) is 6.71. The van der Waals surface area contributed by atoms with Crippen molar-refractivity contribution in [2.75, 3.05) is 7.11 Å². The molecule has 0 unspecified atom stereocenters. The standard InChI is InChI=1S/C22H31NO3S/c1-8-20(18-10-9-15(4)11-16(18)5)23-27(24,25)22-13-19(14(2)3)21(26-7)12-17(22)6/h9-14,20,23H,8H2,1-7H3/t20-/m0/s1. The van der Waals surface area contributed by atoms with E-state index in [-0.39, 0.29) is 12.0 Å². The highest BCUT2D eigenvalue weighted by molar-refractivity contribution is 7.89. The monoisotopic (exact) mass is 389 g/mol. The number of hydrogen-bond donors (Lipinski definition) is 1. The molecule has 0 radical (unpaired) electrons. The van der Waals surface area contributed by atoms with Crippen molar-refractivity contribution >= 4 is 10.0 Å². The quantitative estimate of drug-likeness (QED) is 0.710. The van der Waals surface area contributed by atoms with E-state index in [0.717, 1.165) is 22.4 Å². The van der Waals surface area contributed by atoms with Crippen molar-refractivity contribution in [3.63, 3.8) is 0 Å². The molecule has 0 aliphatic heterocycles.